The number of rotatable bonds is 2. The fourth-order valence-corrected chi connectivity index (χ4v) is 2.47. The normalized spacial score (nSPS) is 15.2. The lowest BCUT2D eigenvalue weighted by Crippen LogP contribution is -1.99. The molecule has 2 aromatic rings. The van der Waals surface area contributed by atoms with Gasteiger partial charge < -0.3 is 0 Å². The van der Waals surface area contributed by atoms with Crippen molar-refractivity contribution in [3.63, 3.8) is 0 Å². The number of H-pyrrole nitrogens is 1. The van der Waals surface area contributed by atoms with Crippen molar-refractivity contribution >= 4 is 23.8 Å². The topological polar surface area (TPSA) is 33.6 Å². The van der Waals surface area contributed by atoms with E-state index in [4.69, 9.17) is 23.8 Å². The van der Waals surface area contributed by atoms with Crippen molar-refractivity contribution in [2.75, 3.05) is 0 Å². The lowest BCUT2D eigenvalue weighted by atomic mass is 10.1. The summed E-state index contributed by atoms with van der Waals surface area (Å²) in [5.41, 5.74) is 2.10. The molecule has 1 aromatic heterocycles. The Hall–Kier alpha value is -1.13. The highest BCUT2D eigenvalue weighted by Crippen LogP contribution is 2.39. The first-order valence-corrected chi connectivity index (χ1v) is 6.39. The minimum Gasteiger partial charge on any atom is -0.297 e. The maximum atomic E-state index is 6.14. The molecular weight excluding hydrogens is 254 g/mol. The third-order valence-electron chi connectivity index (χ3n) is 3.13. The third kappa shape index (κ3) is 1.81. The fraction of sp³-hybridized carbons (Fsp3) is 0.333. The number of halogens is 1. The van der Waals surface area contributed by atoms with Gasteiger partial charge >= 0.3 is 0 Å². The van der Waals surface area contributed by atoms with Crippen LogP contribution in [0.1, 0.15) is 24.4 Å². The molecule has 0 aliphatic heterocycles. The van der Waals surface area contributed by atoms with E-state index < -0.39 is 0 Å². The summed E-state index contributed by atoms with van der Waals surface area (Å²) in [6.45, 7) is 2.01. The third-order valence-corrected chi connectivity index (χ3v) is 3.82. The van der Waals surface area contributed by atoms with Gasteiger partial charge in [0.25, 0.3) is 0 Å². The van der Waals surface area contributed by atoms with Crippen LogP contribution in [-0.2, 0) is 0 Å². The minimum atomic E-state index is 0.509. The standard InChI is InChI=1S/C12H12ClN3S/c1-7-9(3-2-4-10(7)13)11-14-15-12(17)16(11)8-5-6-8/h2-4,8H,5-6H2,1H3,(H,15,17). The quantitative estimate of drug-likeness (QED) is 0.836. The van der Waals surface area contributed by atoms with Gasteiger partial charge in [0.05, 0.1) is 0 Å². The average molecular weight is 266 g/mol. The van der Waals surface area contributed by atoms with Crippen LogP contribution < -0.4 is 0 Å². The summed E-state index contributed by atoms with van der Waals surface area (Å²) < 4.78 is 2.80. The van der Waals surface area contributed by atoms with Gasteiger partial charge in [0.1, 0.15) is 0 Å². The second kappa shape index (κ2) is 3.96. The first-order chi connectivity index (χ1) is 8.18. The van der Waals surface area contributed by atoms with Crippen LogP contribution in [0.3, 0.4) is 0 Å². The van der Waals surface area contributed by atoms with Gasteiger partial charge in [-0.25, -0.2) is 0 Å². The van der Waals surface area contributed by atoms with Crippen LogP contribution in [0.2, 0.25) is 5.02 Å². The summed E-state index contributed by atoms with van der Waals surface area (Å²) in [5, 5.41) is 7.98. The molecular formula is C12H12ClN3S. The Balaban J connectivity index is 2.21. The van der Waals surface area contributed by atoms with Gasteiger partial charge in [-0.1, -0.05) is 23.7 Å². The molecule has 1 aromatic carbocycles. The van der Waals surface area contributed by atoms with Crippen LogP contribution in [0, 0.1) is 11.7 Å². The molecule has 0 saturated heterocycles. The molecule has 88 valence electrons. The summed E-state index contributed by atoms with van der Waals surface area (Å²) in [6.07, 6.45) is 2.36. The van der Waals surface area contributed by atoms with E-state index in [1.54, 1.807) is 0 Å². The summed E-state index contributed by atoms with van der Waals surface area (Å²) >= 11 is 11.4. The molecule has 1 fully saturated rings. The second-order valence-corrected chi connectivity index (χ2v) is 5.16. The van der Waals surface area contributed by atoms with Crippen molar-refractivity contribution in [1.82, 2.24) is 14.8 Å². The van der Waals surface area contributed by atoms with Crippen molar-refractivity contribution in [2.45, 2.75) is 25.8 Å². The van der Waals surface area contributed by atoms with E-state index in [2.05, 4.69) is 14.8 Å². The molecule has 1 heterocycles. The molecule has 0 radical (unpaired) electrons. The number of nitrogens with one attached hydrogen (secondary N) is 1. The summed E-state index contributed by atoms with van der Waals surface area (Å²) in [7, 11) is 0. The van der Waals surface area contributed by atoms with Crippen LogP contribution in [0.25, 0.3) is 11.4 Å². The summed E-state index contributed by atoms with van der Waals surface area (Å²) in [6, 6.07) is 6.38. The summed E-state index contributed by atoms with van der Waals surface area (Å²) in [5.74, 6) is 0.900. The predicted molar refractivity (Wildman–Crippen MR) is 70.9 cm³/mol. The van der Waals surface area contributed by atoms with E-state index in [0.717, 1.165) is 22.0 Å². The molecule has 1 saturated carbocycles. The van der Waals surface area contributed by atoms with Gasteiger partial charge in [0.2, 0.25) is 0 Å². The zero-order chi connectivity index (χ0) is 12.0. The highest BCUT2D eigenvalue weighted by molar-refractivity contribution is 7.71. The van der Waals surface area contributed by atoms with Gasteiger partial charge in [0, 0.05) is 16.6 Å². The summed E-state index contributed by atoms with van der Waals surface area (Å²) in [4.78, 5) is 0. The Morgan fingerprint density at radius 3 is 2.94 bits per heavy atom. The van der Waals surface area contributed by atoms with Crippen molar-refractivity contribution in [3.05, 3.63) is 33.6 Å². The van der Waals surface area contributed by atoms with Gasteiger partial charge in [-0.15, -0.1) is 0 Å². The van der Waals surface area contributed by atoms with Crippen molar-refractivity contribution in [3.8, 4) is 11.4 Å². The van der Waals surface area contributed by atoms with Crippen molar-refractivity contribution < 1.29 is 0 Å². The average Bonchev–Trinajstić information content (AvgIpc) is 3.07. The number of hydrogen-bond donors (Lipinski definition) is 1. The van der Waals surface area contributed by atoms with E-state index in [0.29, 0.717) is 10.8 Å². The zero-order valence-electron chi connectivity index (χ0n) is 9.40. The van der Waals surface area contributed by atoms with Gasteiger partial charge in [-0.05, 0) is 43.6 Å². The van der Waals surface area contributed by atoms with E-state index in [1.165, 1.54) is 12.8 Å². The smallest absolute Gasteiger partial charge is 0.195 e. The van der Waals surface area contributed by atoms with Crippen LogP contribution >= 0.6 is 23.8 Å². The number of aromatic amines is 1. The molecule has 5 heteroatoms. The number of hydrogen-bond acceptors (Lipinski definition) is 2. The Kier molecular flexibility index (Phi) is 2.56. The largest absolute Gasteiger partial charge is 0.297 e. The molecule has 17 heavy (non-hydrogen) atoms. The number of benzene rings is 1. The molecule has 1 aliphatic carbocycles. The van der Waals surface area contributed by atoms with Crippen LogP contribution in [0.5, 0.6) is 0 Å². The van der Waals surface area contributed by atoms with Gasteiger partial charge in [-0.2, -0.15) is 5.10 Å². The molecule has 1 aliphatic rings. The Morgan fingerprint density at radius 2 is 2.24 bits per heavy atom. The van der Waals surface area contributed by atoms with Crippen LogP contribution in [0.15, 0.2) is 18.2 Å². The number of nitrogens with zero attached hydrogens (tertiary/aromatic N) is 2. The van der Waals surface area contributed by atoms with E-state index >= 15 is 0 Å². The molecule has 1 N–H and O–H groups in total. The minimum absolute atomic E-state index is 0.509. The molecule has 0 spiro atoms. The molecule has 0 bridgehead atoms. The molecule has 0 unspecified atom stereocenters. The van der Waals surface area contributed by atoms with Crippen molar-refractivity contribution in [1.29, 1.82) is 0 Å². The zero-order valence-corrected chi connectivity index (χ0v) is 11.0. The van der Waals surface area contributed by atoms with E-state index in [1.807, 2.05) is 25.1 Å². The van der Waals surface area contributed by atoms with Crippen LogP contribution in [0.4, 0.5) is 0 Å². The Bertz CT molecular complexity index is 625. The van der Waals surface area contributed by atoms with Crippen molar-refractivity contribution in [2.24, 2.45) is 0 Å². The van der Waals surface area contributed by atoms with E-state index in [9.17, 15) is 0 Å². The second-order valence-electron chi connectivity index (χ2n) is 4.37. The van der Waals surface area contributed by atoms with Gasteiger partial charge in [0.15, 0.2) is 10.6 Å². The number of aromatic nitrogens is 3. The highest BCUT2D eigenvalue weighted by atomic mass is 35.5. The molecule has 3 rings (SSSR count). The van der Waals surface area contributed by atoms with Gasteiger partial charge in [-0.3, -0.25) is 9.67 Å². The predicted octanol–water partition coefficient (Wildman–Crippen LogP) is 3.90. The van der Waals surface area contributed by atoms with E-state index in [-0.39, 0.29) is 0 Å². The maximum absolute atomic E-state index is 6.14. The first-order valence-electron chi connectivity index (χ1n) is 5.61. The molecule has 0 atom stereocenters. The Labute approximate surface area is 109 Å². The fourth-order valence-electron chi connectivity index (χ4n) is 2.02. The van der Waals surface area contributed by atoms with Crippen LogP contribution in [-0.4, -0.2) is 14.8 Å². The highest BCUT2D eigenvalue weighted by Gasteiger charge is 2.28. The monoisotopic (exact) mass is 265 g/mol. The maximum Gasteiger partial charge on any atom is 0.195 e. The SMILES string of the molecule is Cc1c(Cl)cccc1-c1n[nH]c(=S)n1C1CC1. The first kappa shape index (κ1) is 11.0. The lowest BCUT2D eigenvalue weighted by molar-refractivity contribution is 0.734. The molecule has 3 nitrogen and oxygen atoms in total. The molecule has 0 amide bonds. The Morgan fingerprint density at radius 1 is 1.47 bits per heavy atom. The lowest BCUT2D eigenvalue weighted by Gasteiger charge is -2.08.